The normalized spacial score (nSPS) is 48.3. The van der Waals surface area contributed by atoms with E-state index in [1.54, 1.807) is 0 Å². The summed E-state index contributed by atoms with van der Waals surface area (Å²) in [6.07, 6.45) is 2.55. The van der Waals surface area contributed by atoms with Crippen LogP contribution in [0.2, 0.25) is 0 Å². The summed E-state index contributed by atoms with van der Waals surface area (Å²) in [6.45, 7) is 1.17. The molecule has 1 saturated carbocycles. The third kappa shape index (κ3) is 0.764. The van der Waals surface area contributed by atoms with Crippen molar-refractivity contribution in [3.8, 4) is 0 Å². The summed E-state index contributed by atoms with van der Waals surface area (Å²) in [4.78, 5) is 0. The van der Waals surface area contributed by atoms with Crippen molar-refractivity contribution in [1.29, 1.82) is 0 Å². The second kappa shape index (κ2) is 1.94. The van der Waals surface area contributed by atoms with E-state index in [-0.39, 0.29) is 0 Å². The summed E-state index contributed by atoms with van der Waals surface area (Å²) in [5.41, 5.74) is 2.86. The zero-order chi connectivity index (χ0) is 6.27. The van der Waals surface area contributed by atoms with Gasteiger partial charge in [-0.2, -0.15) is 0 Å². The van der Waals surface area contributed by atoms with Crippen molar-refractivity contribution in [1.82, 2.24) is 10.7 Å². The molecular formula is C6H13N3. The van der Waals surface area contributed by atoms with E-state index < -0.39 is 0 Å². The largest absolute Gasteiger partial charge is 0.314 e. The van der Waals surface area contributed by atoms with Gasteiger partial charge in [-0.15, -0.1) is 0 Å². The quantitative estimate of drug-likeness (QED) is 0.319. The average Bonchev–Trinajstić information content (AvgIpc) is 2.45. The number of nitrogens with one attached hydrogen (secondary N) is 2. The third-order valence-corrected chi connectivity index (χ3v) is 2.58. The van der Waals surface area contributed by atoms with Crippen LogP contribution in [0.3, 0.4) is 0 Å². The Labute approximate surface area is 55.0 Å². The Kier molecular flexibility index (Phi) is 1.22. The number of hydrogen-bond donors (Lipinski definition) is 3. The molecule has 2 bridgehead atoms. The SMILES string of the molecule is NNC1CC2CC1CN2. The molecule has 1 saturated heterocycles. The van der Waals surface area contributed by atoms with Gasteiger partial charge in [-0.25, -0.2) is 0 Å². The first-order chi connectivity index (χ1) is 4.40. The highest BCUT2D eigenvalue weighted by molar-refractivity contribution is 4.97. The Bertz CT molecular complexity index is 115. The molecular weight excluding hydrogens is 114 g/mol. The van der Waals surface area contributed by atoms with Crippen LogP contribution in [0.1, 0.15) is 12.8 Å². The topological polar surface area (TPSA) is 50.1 Å². The summed E-state index contributed by atoms with van der Waals surface area (Å²) >= 11 is 0. The molecule has 2 fully saturated rings. The second-order valence-electron chi connectivity index (χ2n) is 3.11. The molecule has 9 heavy (non-hydrogen) atoms. The van der Waals surface area contributed by atoms with Gasteiger partial charge >= 0.3 is 0 Å². The summed E-state index contributed by atoms with van der Waals surface area (Å²) in [5.74, 6) is 6.15. The van der Waals surface area contributed by atoms with E-state index in [2.05, 4.69) is 10.7 Å². The van der Waals surface area contributed by atoms with Crippen molar-refractivity contribution in [3.63, 3.8) is 0 Å². The lowest BCUT2D eigenvalue weighted by Gasteiger charge is -2.20. The highest BCUT2D eigenvalue weighted by Crippen LogP contribution is 2.30. The van der Waals surface area contributed by atoms with E-state index in [1.807, 2.05) is 0 Å². The molecule has 2 rings (SSSR count). The summed E-state index contributed by atoms with van der Waals surface area (Å²) < 4.78 is 0. The van der Waals surface area contributed by atoms with Crippen molar-refractivity contribution >= 4 is 0 Å². The maximum atomic E-state index is 5.34. The molecule has 0 amide bonds. The van der Waals surface area contributed by atoms with Crippen LogP contribution in [0.4, 0.5) is 0 Å². The lowest BCUT2D eigenvalue weighted by atomic mass is 10.1. The predicted octanol–water partition coefficient (Wildman–Crippen LogP) is -0.800. The summed E-state index contributed by atoms with van der Waals surface area (Å²) in [7, 11) is 0. The van der Waals surface area contributed by atoms with E-state index >= 15 is 0 Å². The molecule has 0 radical (unpaired) electrons. The minimum atomic E-state index is 0.594. The van der Waals surface area contributed by atoms with Crippen LogP contribution in [-0.2, 0) is 0 Å². The minimum absolute atomic E-state index is 0.594. The van der Waals surface area contributed by atoms with Crippen LogP contribution < -0.4 is 16.6 Å². The molecule has 3 nitrogen and oxygen atoms in total. The van der Waals surface area contributed by atoms with Gasteiger partial charge in [0.2, 0.25) is 0 Å². The Morgan fingerprint density at radius 2 is 2.33 bits per heavy atom. The fourth-order valence-corrected chi connectivity index (χ4v) is 2.04. The lowest BCUT2D eigenvalue weighted by molar-refractivity contribution is 0.373. The Morgan fingerprint density at radius 1 is 1.44 bits per heavy atom. The number of nitrogens with two attached hydrogens (primary N) is 1. The second-order valence-corrected chi connectivity index (χ2v) is 3.11. The van der Waals surface area contributed by atoms with E-state index in [0.717, 1.165) is 12.0 Å². The first-order valence-corrected chi connectivity index (χ1v) is 3.59. The Hall–Kier alpha value is -0.120. The van der Waals surface area contributed by atoms with E-state index in [0.29, 0.717) is 6.04 Å². The molecule has 0 aromatic carbocycles. The van der Waals surface area contributed by atoms with Crippen LogP contribution in [0, 0.1) is 5.92 Å². The van der Waals surface area contributed by atoms with Gasteiger partial charge in [0.15, 0.2) is 0 Å². The molecule has 4 N–H and O–H groups in total. The molecule has 1 aliphatic heterocycles. The molecule has 3 unspecified atom stereocenters. The van der Waals surface area contributed by atoms with Gasteiger partial charge in [-0.05, 0) is 25.3 Å². The molecule has 3 heteroatoms. The third-order valence-electron chi connectivity index (χ3n) is 2.58. The highest BCUT2D eigenvalue weighted by Gasteiger charge is 2.38. The number of hydrazine groups is 1. The van der Waals surface area contributed by atoms with Gasteiger partial charge in [0.25, 0.3) is 0 Å². The Balaban J connectivity index is 2.01. The standard InChI is InChI=1S/C6H13N3/c7-9-6-2-5-1-4(6)3-8-5/h4-6,8-9H,1-3,7H2. The molecule has 3 atom stereocenters. The van der Waals surface area contributed by atoms with Gasteiger partial charge in [0, 0.05) is 12.1 Å². The molecule has 0 aromatic rings. The average molecular weight is 127 g/mol. The van der Waals surface area contributed by atoms with E-state index in [9.17, 15) is 0 Å². The zero-order valence-electron chi connectivity index (χ0n) is 5.43. The molecule has 2 aliphatic rings. The monoisotopic (exact) mass is 127 g/mol. The summed E-state index contributed by atoms with van der Waals surface area (Å²) in [5, 5.41) is 3.42. The van der Waals surface area contributed by atoms with E-state index in [4.69, 9.17) is 5.84 Å². The van der Waals surface area contributed by atoms with Crippen molar-refractivity contribution in [2.45, 2.75) is 24.9 Å². The van der Waals surface area contributed by atoms with Crippen LogP contribution in [0.25, 0.3) is 0 Å². The van der Waals surface area contributed by atoms with E-state index in [1.165, 1.54) is 19.4 Å². The molecule has 0 aromatic heterocycles. The van der Waals surface area contributed by atoms with Crippen molar-refractivity contribution in [3.05, 3.63) is 0 Å². The fraction of sp³-hybridized carbons (Fsp3) is 1.00. The van der Waals surface area contributed by atoms with Gasteiger partial charge < -0.3 is 5.32 Å². The van der Waals surface area contributed by atoms with Crippen LogP contribution in [-0.4, -0.2) is 18.6 Å². The number of hydrogen-bond acceptors (Lipinski definition) is 3. The first kappa shape index (κ1) is 5.65. The van der Waals surface area contributed by atoms with Crippen molar-refractivity contribution in [2.24, 2.45) is 11.8 Å². The fourth-order valence-electron chi connectivity index (χ4n) is 2.04. The lowest BCUT2D eigenvalue weighted by Crippen LogP contribution is -2.44. The minimum Gasteiger partial charge on any atom is -0.314 e. The molecule has 0 spiro atoms. The van der Waals surface area contributed by atoms with Gasteiger partial charge in [-0.1, -0.05) is 0 Å². The summed E-state index contributed by atoms with van der Waals surface area (Å²) in [6, 6.07) is 1.35. The molecule has 52 valence electrons. The maximum absolute atomic E-state index is 5.34. The number of fused-ring (bicyclic) bond motifs is 2. The van der Waals surface area contributed by atoms with Crippen LogP contribution in [0.5, 0.6) is 0 Å². The predicted molar refractivity (Wildman–Crippen MR) is 35.6 cm³/mol. The first-order valence-electron chi connectivity index (χ1n) is 3.59. The van der Waals surface area contributed by atoms with Crippen LogP contribution in [0.15, 0.2) is 0 Å². The Morgan fingerprint density at radius 3 is 2.67 bits per heavy atom. The zero-order valence-corrected chi connectivity index (χ0v) is 5.43. The smallest absolute Gasteiger partial charge is 0.0266 e. The van der Waals surface area contributed by atoms with Gasteiger partial charge in [0.1, 0.15) is 0 Å². The van der Waals surface area contributed by atoms with Crippen molar-refractivity contribution < 1.29 is 0 Å². The van der Waals surface area contributed by atoms with Crippen molar-refractivity contribution in [2.75, 3.05) is 6.54 Å². The van der Waals surface area contributed by atoms with Crippen LogP contribution >= 0.6 is 0 Å². The highest BCUT2D eigenvalue weighted by atomic mass is 15.3. The molecule has 1 aliphatic carbocycles. The van der Waals surface area contributed by atoms with Gasteiger partial charge in [0.05, 0.1) is 0 Å². The van der Waals surface area contributed by atoms with Gasteiger partial charge in [-0.3, -0.25) is 11.3 Å². The number of piperidine rings is 1. The number of rotatable bonds is 1. The maximum Gasteiger partial charge on any atom is 0.0266 e. The molecule has 1 heterocycles.